The fourth-order valence-corrected chi connectivity index (χ4v) is 2.13. The minimum atomic E-state index is -0.756. The van der Waals surface area contributed by atoms with Crippen LogP contribution in [0.3, 0.4) is 0 Å². The third kappa shape index (κ3) is 2.78. The Kier molecular flexibility index (Phi) is 4.27. The molecule has 5 heteroatoms. The van der Waals surface area contributed by atoms with Crippen LogP contribution in [0.15, 0.2) is 11.1 Å². The SMILES string of the molecule is COC(=O)C1=C(CC(C)(C)C(=O)OC)CCC1=O. The van der Waals surface area contributed by atoms with Gasteiger partial charge in [0, 0.05) is 6.42 Å². The lowest BCUT2D eigenvalue weighted by Gasteiger charge is -2.22. The van der Waals surface area contributed by atoms with Gasteiger partial charge < -0.3 is 9.47 Å². The molecule has 0 saturated carbocycles. The summed E-state index contributed by atoms with van der Waals surface area (Å²) in [5.74, 6) is -1.19. The molecular weight excluding hydrogens is 236 g/mol. The second kappa shape index (κ2) is 5.33. The second-order valence-electron chi connectivity index (χ2n) is 4.95. The number of hydrogen-bond donors (Lipinski definition) is 0. The number of esters is 2. The molecule has 0 spiro atoms. The number of carbonyl (C=O) groups excluding carboxylic acids is 3. The van der Waals surface area contributed by atoms with Crippen LogP contribution in [0, 0.1) is 5.41 Å². The number of allylic oxidation sites excluding steroid dienone is 1. The Morgan fingerprint density at radius 3 is 2.28 bits per heavy atom. The Morgan fingerprint density at radius 1 is 1.17 bits per heavy atom. The average Bonchev–Trinajstić information content (AvgIpc) is 2.67. The summed E-state index contributed by atoms with van der Waals surface area (Å²) in [5, 5.41) is 0. The molecule has 0 bridgehead atoms. The number of carbonyl (C=O) groups is 3. The van der Waals surface area contributed by atoms with Gasteiger partial charge in [0.05, 0.1) is 19.6 Å². The summed E-state index contributed by atoms with van der Waals surface area (Å²) in [7, 11) is 2.56. The first-order valence-corrected chi connectivity index (χ1v) is 5.75. The van der Waals surface area contributed by atoms with Crippen LogP contribution < -0.4 is 0 Å². The Bertz CT molecular complexity index is 417. The van der Waals surface area contributed by atoms with Gasteiger partial charge in [-0.25, -0.2) is 4.79 Å². The Hall–Kier alpha value is -1.65. The number of methoxy groups -OCH3 is 2. The first kappa shape index (κ1) is 14.4. The van der Waals surface area contributed by atoms with Crippen molar-refractivity contribution in [1.82, 2.24) is 0 Å². The molecule has 0 unspecified atom stereocenters. The molecule has 0 radical (unpaired) electrons. The molecule has 18 heavy (non-hydrogen) atoms. The molecule has 0 atom stereocenters. The van der Waals surface area contributed by atoms with Crippen LogP contribution in [0.5, 0.6) is 0 Å². The van der Waals surface area contributed by atoms with Crippen LogP contribution in [0.25, 0.3) is 0 Å². The maximum absolute atomic E-state index is 11.6. The summed E-state index contributed by atoms with van der Waals surface area (Å²) in [5.41, 5.74) is 0.0327. The highest BCUT2D eigenvalue weighted by Crippen LogP contribution is 2.35. The summed E-state index contributed by atoms with van der Waals surface area (Å²) in [6, 6.07) is 0. The molecule has 1 aliphatic rings. The predicted octanol–water partition coefficient (Wildman–Crippen LogP) is 1.41. The maximum atomic E-state index is 11.6. The van der Waals surface area contributed by atoms with Crippen molar-refractivity contribution in [3.63, 3.8) is 0 Å². The van der Waals surface area contributed by atoms with Crippen LogP contribution in [0.4, 0.5) is 0 Å². The number of ether oxygens (including phenoxy) is 2. The molecule has 0 aromatic rings. The molecular formula is C13H18O5. The summed E-state index contributed by atoms with van der Waals surface area (Å²) >= 11 is 0. The zero-order chi connectivity index (χ0) is 13.9. The highest BCUT2D eigenvalue weighted by Gasteiger charge is 2.36. The van der Waals surface area contributed by atoms with Crippen LogP contribution in [-0.2, 0) is 23.9 Å². The predicted molar refractivity (Wildman–Crippen MR) is 63.7 cm³/mol. The molecule has 0 aromatic carbocycles. The largest absolute Gasteiger partial charge is 0.469 e. The Morgan fingerprint density at radius 2 is 1.78 bits per heavy atom. The lowest BCUT2D eigenvalue weighted by atomic mass is 9.84. The molecule has 0 N–H and O–H groups in total. The highest BCUT2D eigenvalue weighted by molar-refractivity contribution is 6.19. The van der Waals surface area contributed by atoms with E-state index in [1.807, 2.05) is 0 Å². The van der Waals surface area contributed by atoms with Crippen molar-refractivity contribution in [2.24, 2.45) is 5.41 Å². The molecule has 5 nitrogen and oxygen atoms in total. The van der Waals surface area contributed by atoms with Crippen LogP contribution in [0.2, 0.25) is 0 Å². The van der Waals surface area contributed by atoms with Gasteiger partial charge in [-0.1, -0.05) is 5.57 Å². The van der Waals surface area contributed by atoms with Gasteiger partial charge in [0.25, 0.3) is 0 Å². The van der Waals surface area contributed by atoms with Crippen molar-refractivity contribution in [3.8, 4) is 0 Å². The van der Waals surface area contributed by atoms with Crippen molar-refractivity contribution < 1.29 is 23.9 Å². The van der Waals surface area contributed by atoms with E-state index in [1.54, 1.807) is 13.8 Å². The molecule has 0 aliphatic heterocycles. The van der Waals surface area contributed by atoms with Gasteiger partial charge in [-0.15, -0.1) is 0 Å². The fraction of sp³-hybridized carbons (Fsp3) is 0.615. The van der Waals surface area contributed by atoms with Crippen molar-refractivity contribution in [1.29, 1.82) is 0 Å². The smallest absolute Gasteiger partial charge is 0.341 e. The lowest BCUT2D eigenvalue weighted by Crippen LogP contribution is -2.26. The van der Waals surface area contributed by atoms with Crippen molar-refractivity contribution in [3.05, 3.63) is 11.1 Å². The van der Waals surface area contributed by atoms with Gasteiger partial charge in [-0.05, 0) is 26.7 Å². The van der Waals surface area contributed by atoms with E-state index in [-0.39, 0.29) is 17.3 Å². The zero-order valence-corrected chi connectivity index (χ0v) is 11.2. The standard InChI is InChI=1S/C13H18O5/c1-13(2,12(16)18-4)7-8-5-6-9(14)10(8)11(15)17-3/h5-7H2,1-4H3. The monoisotopic (exact) mass is 254 g/mol. The first-order valence-electron chi connectivity index (χ1n) is 5.75. The quantitative estimate of drug-likeness (QED) is 0.560. The number of hydrogen-bond acceptors (Lipinski definition) is 5. The van der Waals surface area contributed by atoms with E-state index >= 15 is 0 Å². The van der Waals surface area contributed by atoms with E-state index in [0.29, 0.717) is 24.8 Å². The van der Waals surface area contributed by atoms with E-state index < -0.39 is 11.4 Å². The Balaban J connectivity index is 3.00. The minimum Gasteiger partial charge on any atom is -0.469 e. The van der Waals surface area contributed by atoms with E-state index in [2.05, 4.69) is 4.74 Å². The van der Waals surface area contributed by atoms with Crippen molar-refractivity contribution in [2.45, 2.75) is 33.1 Å². The van der Waals surface area contributed by atoms with E-state index in [4.69, 9.17) is 4.74 Å². The topological polar surface area (TPSA) is 69.7 Å². The third-order valence-corrected chi connectivity index (χ3v) is 3.07. The first-order chi connectivity index (χ1) is 8.33. The molecule has 1 rings (SSSR count). The van der Waals surface area contributed by atoms with Gasteiger partial charge in [0.15, 0.2) is 5.78 Å². The molecule has 100 valence electrons. The van der Waals surface area contributed by atoms with Gasteiger partial charge in [0.2, 0.25) is 0 Å². The van der Waals surface area contributed by atoms with Crippen LogP contribution >= 0.6 is 0 Å². The molecule has 0 saturated heterocycles. The molecule has 1 aliphatic carbocycles. The summed E-state index contributed by atoms with van der Waals surface area (Å²) in [4.78, 5) is 34.8. The van der Waals surface area contributed by atoms with Gasteiger partial charge in [0.1, 0.15) is 5.57 Å². The second-order valence-corrected chi connectivity index (χ2v) is 4.95. The Labute approximate surface area is 106 Å². The van der Waals surface area contributed by atoms with Gasteiger partial charge in [-0.3, -0.25) is 9.59 Å². The van der Waals surface area contributed by atoms with Crippen molar-refractivity contribution >= 4 is 17.7 Å². The molecule has 0 fully saturated rings. The summed E-state index contributed by atoms with van der Waals surface area (Å²) in [6.45, 7) is 3.45. The van der Waals surface area contributed by atoms with E-state index in [1.165, 1.54) is 14.2 Å². The molecule has 0 aromatic heterocycles. The van der Waals surface area contributed by atoms with Gasteiger partial charge in [-0.2, -0.15) is 0 Å². The third-order valence-electron chi connectivity index (χ3n) is 3.07. The lowest BCUT2D eigenvalue weighted by molar-refractivity contribution is -0.150. The molecule has 0 heterocycles. The normalized spacial score (nSPS) is 15.9. The highest BCUT2D eigenvalue weighted by atomic mass is 16.5. The van der Waals surface area contributed by atoms with E-state index in [0.717, 1.165) is 0 Å². The summed E-state index contributed by atoms with van der Waals surface area (Å²) in [6.07, 6.45) is 1.14. The van der Waals surface area contributed by atoms with Gasteiger partial charge >= 0.3 is 11.9 Å². The summed E-state index contributed by atoms with van der Waals surface area (Å²) < 4.78 is 9.31. The number of rotatable bonds is 4. The van der Waals surface area contributed by atoms with Crippen LogP contribution in [0.1, 0.15) is 33.1 Å². The fourth-order valence-electron chi connectivity index (χ4n) is 2.13. The number of ketones is 1. The van der Waals surface area contributed by atoms with Crippen molar-refractivity contribution in [2.75, 3.05) is 14.2 Å². The molecule has 0 amide bonds. The maximum Gasteiger partial charge on any atom is 0.341 e. The average molecular weight is 254 g/mol. The van der Waals surface area contributed by atoms with Crippen LogP contribution in [-0.4, -0.2) is 31.9 Å². The van der Waals surface area contributed by atoms with E-state index in [9.17, 15) is 14.4 Å². The zero-order valence-electron chi connectivity index (χ0n) is 11.2. The minimum absolute atomic E-state index is 0.106. The number of Topliss-reactive ketones (excluding diaryl/α,β-unsaturated/α-hetero) is 1.